The first kappa shape index (κ1) is 13.9. The van der Waals surface area contributed by atoms with Crippen LogP contribution in [0.1, 0.15) is 33.1 Å². The van der Waals surface area contributed by atoms with Crippen molar-refractivity contribution in [3.8, 4) is 0 Å². The number of hydrogen-bond donors (Lipinski definition) is 1. The molecule has 0 aromatic carbocycles. The molecule has 13 heavy (non-hydrogen) atoms. The molecule has 0 radical (unpaired) electrons. The molecule has 1 N–H and O–H groups in total. The molecule has 0 heterocycles. The van der Waals surface area contributed by atoms with E-state index in [-0.39, 0.29) is 36.0 Å². The van der Waals surface area contributed by atoms with E-state index in [1.807, 2.05) is 0 Å². The molecule has 1 aliphatic rings. The van der Waals surface area contributed by atoms with Crippen molar-refractivity contribution in [2.75, 3.05) is 0 Å². The van der Waals surface area contributed by atoms with Crippen molar-refractivity contribution in [2.45, 2.75) is 38.0 Å². The van der Waals surface area contributed by atoms with Crippen LogP contribution in [0.5, 0.6) is 0 Å². The maximum Gasteiger partial charge on any atom is 1.00 e. The predicted molar refractivity (Wildman–Crippen MR) is 42.3 cm³/mol. The first-order chi connectivity index (χ1) is 5.21. The molecule has 0 aromatic rings. The van der Waals surface area contributed by atoms with Crippen LogP contribution in [-0.2, 0) is 10.1 Å². The van der Waals surface area contributed by atoms with Crippen LogP contribution in [0.25, 0.3) is 0 Å². The van der Waals surface area contributed by atoms with E-state index in [1.165, 1.54) is 0 Å². The summed E-state index contributed by atoms with van der Waals surface area (Å²) in [4.78, 5) is -2.06. The van der Waals surface area contributed by atoms with Crippen molar-refractivity contribution < 1.29 is 47.6 Å². The predicted octanol–water partition coefficient (Wildman–Crippen LogP) is -2.57. The van der Waals surface area contributed by atoms with E-state index in [4.69, 9.17) is 0 Å². The van der Waals surface area contributed by atoms with Crippen molar-refractivity contribution in [1.82, 2.24) is 0 Å². The standard InChI is InChI=1S/C7H14O4S.Na/c1-6(2)4-3-5-7(6,8)12(9,10)11;/h8H,3-5H2,1-2H3,(H,9,10,11);/q;+1/p-1. The average Bonchev–Trinajstić information content (AvgIpc) is 2.07. The molecule has 1 fully saturated rings. The van der Waals surface area contributed by atoms with Gasteiger partial charge in [-0.1, -0.05) is 13.8 Å². The van der Waals surface area contributed by atoms with Gasteiger partial charge in [-0.15, -0.1) is 0 Å². The van der Waals surface area contributed by atoms with Gasteiger partial charge in [-0.25, -0.2) is 8.42 Å². The van der Waals surface area contributed by atoms with Crippen molar-refractivity contribution >= 4 is 10.1 Å². The number of rotatable bonds is 1. The Labute approximate surface area is 101 Å². The average molecular weight is 216 g/mol. The minimum Gasteiger partial charge on any atom is -0.746 e. The van der Waals surface area contributed by atoms with Crippen LogP contribution in [-0.4, -0.2) is 23.0 Å². The molecule has 4 nitrogen and oxygen atoms in total. The second-order valence-electron chi connectivity index (χ2n) is 3.98. The molecular weight excluding hydrogens is 203 g/mol. The van der Waals surface area contributed by atoms with Gasteiger partial charge >= 0.3 is 29.6 Å². The van der Waals surface area contributed by atoms with E-state index < -0.39 is 20.5 Å². The van der Waals surface area contributed by atoms with E-state index in [2.05, 4.69) is 0 Å². The normalized spacial score (nSPS) is 32.6. The minimum absolute atomic E-state index is 0. The molecule has 72 valence electrons. The van der Waals surface area contributed by atoms with E-state index in [0.29, 0.717) is 12.8 Å². The Morgan fingerprint density at radius 1 is 1.31 bits per heavy atom. The fourth-order valence-electron chi connectivity index (χ4n) is 1.77. The van der Waals surface area contributed by atoms with E-state index >= 15 is 0 Å². The second-order valence-corrected chi connectivity index (χ2v) is 5.56. The Morgan fingerprint density at radius 3 is 1.92 bits per heavy atom. The van der Waals surface area contributed by atoms with Gasteiger partial charge in [-0.3, -0.25) is 0 Å². The van der Waals surface area contributed by atoms with Crippen LogP contribution in [0.15, 0.2) is 0 Å². The van der Waals surface area contributed by atoms with Gasteiger partial charge in [0.25, 0.3) is 0 Å². The van der Waals surface area contributed by atoms with Gasteiger partial charge in [-0.2, -0.15) is 0 Å². The van der Waals surface area contributed by atoms with Gasteiger partial charge in [-0.05, 0) is 19.3 Å². The van der Waals surface area contributed by atoms with Gasteiger partial charge in [0.15, 0.2) is 4.93 Å². The molecule has 1 rings (SSSR count). The van der Waals surface area contributed by atoms with Crippen LogP contribution < -0.4 is 29.6 Å². The Balaban J connectivity index is 0.00000144. The third-order valence-electron chi connectivity index (χ3n) is 2.79. The van der Waals surface area contributed by atoms with Gasteiger partial charge in [0, 0.05) is 5.41 Å². The molecule has 1 atom stereocenters. The third-order valence-corrected chi connectivity index (χ3v) is 4.37. The van der Waals surface area contributed by atoms with Gasteiger partial charge < -0.3 is 9.66 Å². The molecule has 6 heteroatoms. The topological polar surface area (TPSA) is 77.4 Å². The molecule has 1 saturated carbocycles. The zero-order chi connectivity index (χ0) is 9.62. The summed E-state index contributed by atoms with van der Waals surface area (Å²) in [7, 11) is -4.60. The summed E-state index contributed by atoms with van der Waals surface area (Å²) in [5, 5.41) is 9.66. The molecule has 0 bridgehead atoms. The second kappa shape index (κ2) is 3.79. The molecule has 0 saturated heterocycles. The summed E-state index contributed by atoms with van der Waals surface area (Å²) < 4.78 is 32.3. The maximum atomic E-state index is 10.8. The summed E-state index contributed by atoms with van der Waals surface area (Å²) in [5.41, 5.74) is -0.812. The quantitative estimate of drug-likeness (QED) is 0.386. The third kappa shape index (κ3) is 2.11. The molecule has 0 spiro atoms. The SMILES string of the molecule is CC1(C)CCCC1(O)S(=O)(=O)[O-].[Na+]. The first-order valence-corrected chi connectivity index (χ1v) is 5.29. The molecular formula is C7H13NaO4S. The summed E-state index contributed by atoms with van der Waals surface area (Å²) >= 11 is 0. The van der Waals surface area contributed by atoms with Gasteiger partial charge in [0.1, 0.15) is 10.1 Å². The van der Waals surface area contributed by atoms with Gasteiger partial charge in [0.2, 0.25) is 0 Å². The minimum atomic E-state index is -4.60. The van der Waals surface area contributed by atoms with E-state index in [1.54, 1.807) is 13.8 Å². The Bertz CT molecular complexity index is 285. The smallest absolute Gasteiger partial charge is 0.746 e. The zero-order valence-corrected chi connectivity index (χ0v) is 11.0. The monoisotopic (exact) mass is 216 g/mol. The van der Waals surface area contributed by atoms with Gasteiger partial charge in [0.05, 0.1) is 0 Å². The number of hydrogen-bond acceptors (Lipinski definition) is 4. The van der Waals surface area contributed by atoms with Crippen LogP contribution in [0.4, 0.5) is 0 Å². The maximum absolute atomic E-state index is 10.8. The summed E-state index contributed by atoms with van der Waals surface area (Å²) in [5.74, 6) is 0. The molecule has 1 aliphatic carbocycles. The van der Waals surface area contributed by atoms with Crippen molar-refractivity contribution in [2.24, 2.45) is 5.41 Å². The van der Waals surface area contributed by atoms with Crippen LogP contribution in [0.2, 0.25) is 0 Å². The molecule has 0 amide bonds. The van der Waals surface area contributed by atoms with E-state index in [0.717, 1.165) is 0 Å². The molecule has 1 unspecified atom stereocenters. The fraction of sp³-hybridized carbons (Fsp3) is 1.00. The van der Waals surface area contributed by atoms with Crippen molar-refractivity contribution in [1.29, 1.82) is 0 Å². The van der Waals surface area contributed by atoms with E-state index in [9.17, 15) is 18.1 Å². The summed E-state index contributed by atoms with van der Waals surface area (Å²) in [6.45, 7) is 3.21. The first-order valence-electron chi connectivity index (χ1n) is 3.88. The zero-order valence-electron chi connectivity index (χ0n) is 8.20. The van der Waals surface area contributed by atoms with Crippen molar-refractivity contribution in [3.63, 3.8) is 0 Å². The summed E-state index contributed by atoms with van der Waals surface area (Å²) in [6.07, 6.45) is 1.22. The molecule has 0 aromatic heterocycles. The summed E-state index contributed by atoms with van der Waals surface area (Å²) in [6, 6.07) is 0. The molecule has 0 aliphatic heterocycles. The number of aliphatic hydroxyl groups is 1. The van der Waals surface area contributed by atoms with Crippen LogP contribution in [0, 0.1) is 5.41 Å². The Kier molecular flexibility index (Phi) is 4.04. The van der Waals surface area contributed by atoms with Crippen LogP contribution in [0.3, 0.4) is 0 Å². The van der Waals surface area contributed by atoms with Crippen LogP contribution >= 0.6 is 0 Å². The Hall–Kier alpha value is 0.870. The van der Waals surface area contributed by atoms with Crippen molar-refractivity contribution in [3.05, 3.63) is 0 Å². The fourth-order valence-corrected chi connectivity index (χ4v) is 2.94. The largest absolute Gasteiger partial charge is 1.00 e. The Morgan fingerprint density at radius 2 is 1.77 bits per heavy atom.